The fourth-order valence-electron chi connectivity index (χ4n) is 2.23. The molecule has 2 aromatic heterocycles. The minimum Gasteiger partial charge on any atom is -0.435 e. The molecule has 3 aromatic rings. The Bertz CT molecular complexity index is 819. The molecule has 22 heavy (non-hydrogen) atoms. The number of benzene rings is 1. The summed E-state index contributed by atoms with van der Waals surface area (Å²) < 4.78 is 29.1. The Morgan fingerprint density at radius 2 is 1.77 bits per heavy atom. The summed E-state index contributed by atoms with van der Waals surface area (Å²) in [7, 11) is 0. The molecule has 112 valence electrons. The minimum atomic E-state index is -2.85. The van der Waals surface area contributed by atoms with E-state index in [1.54, 1.807) is 25.4 Å². The van der Waals surface area contributed by atoms with Crippen LogP contribution in [0.5, 0.6) is 5.75 Å². The molecule has 0 atom stereocenters. The predicted octanol–water partition coefficient (Wildman–Crippen LogP) is 3.91. The standard InChI is InChI=1S/C16H13F2N3O/c1-9-5-14(11-7-19-10(2)20-8-11)21-15-6-12(22-16(17)18)3-4-13(9)15/h3-8,16H,1-2H3. The van der Waals surface area contributed by atoms with Gasteiger partial charge in [-0.25, -0.2) is 15.0 Å². The first-order valence-corrected chi connectivity index (χ1v) is 6.68. The van der Waals surface area contributed by atoms with Crippen LogP contribution in [0.25, 0.3) is 22.2 Å². The third-order valence-corrected chi connectivity index (χ3v) is 3.29. The summed E-state index contributed by atoms with van der Waals surface area (Å²) in [5.74, 6) is 0.764. The average molecular weight is 301 g/mol. The smallest absolute Gasteiger partial charge is 0.387 e. The Hall–Kier alpha value is -2.63. The van der Waals surface area contributed by atoms with E-state index in [0.717, 1.165) is 16.5 Å². The molecule has 2 heterocycles. The van der Waals surface area contributed by atoms with E-state index < -0.39 is 6.61 Å². The van der Waals surface area contributed by atoms with Gasteiger partial charge in [0.25, 0.3) is 0 Å². The van der Waals surface area contributed by atoms with E-state index in [4.69, 9.17) is 0 Å². The summed E-state index contributed by atoms with van der Waals surface area (Å²) in [6.45, 7) is 0.889. The van der Waals surface area contributed by atoms with Gasteiger partial charge in [-0.1, -0.05) is 0 Å². The van der Waals surface area contributed by atoms with Gasteiger partial charge in [0.1, 0.15) is 11.6 Å². The highest BCUT2D eigenvalue weighted by Gasteiger charge is 2.09. The van der Waals surface area contributed by atoms with Crippen LogP contribution < -0.4 is 4.74 Å². The van der Waals surface area contributed by atoms with Crippen molar-refractivity contribution in [1.82, 2.24) is 15.0 Å². The van der Waals surface area contributed by atoms with Gasteiger partial charge in [0.05, 0.1) is 11.2 Å². The van der Waals surface area contributed by atoms with E-state index in [1.807, 2.05) is 13.0 Å². The van der Waals surface area contributed by atoms with Crippen LogP contribution in [0.3, 0.4) is 0 Å². The van der Waals surface area contributed by atoms with Crippen molar-refractivity contribution in [3.63, 3.8) is 0 Å². The van der Waals surface area contributed by atoms with Crippen LogP contribution in [-0.2, 0) is 0 Å². The van der Waals surface area contributed by atoms with Gasteiger partial charge < -0.3 is 4.74 Å². The fraction of sp³-hybridized carbons (Fsp3) is 0.188. The Labute approximate surface area is 125 Å². The van der Waals surface area contributed by atoms with E-state index in [-0.39, 0.29) is 5.75 Å². The molecule has 0 unspecified atom stereocenters. The summed E-state index contributed by atoms with van der Waals surface area (Å²) in [6.07, 6.45) is 3.38. The molecule has 4 nitrogen and oxygen atoms in total. The van der Waals surface area contributed by atoms with E-state index in [1.165, 1.54) is 12.1 Å². The predicted molar refractivity (Wildman–Crippen MR) is 78.9 cm³/mol. The second-order valence-corrected chi connectivity index (χ2v) is 4.90. The molecule has 0 saturated carbocycles. The largest absolute Gasteiger partial charge is 0.435 e. The van der Waals surface area contributed by atoms with Crippen LogP contribution in [0.15, 0.2) is 36.7 Å². The molecule has 0 N–H and O–H groups in total. The lowest BCUT2D eigenvalue weighted by molar-refractivity contribution is -0.0497. The number of fused-ring (bicyclic) bond motifs is 1. The first-order chi connectivity index (χ1) is 10.5. The van der Waals surface area contributed by atoms with Gasteiger partial charge in [-0.15, -0.1) is 0 Å². The van der Waals surface area contributed by atoms with E-state index >= 15 is 0 Å². The van der Waals surface area contributed by atoms with Crippen molar-refractivity contribution in [3.8, 4) is 17.0 Å². The van der Waals surface area contributed by atoms with Gasteiger partial charge in [0.2, 0.25) is 0 Å². The van der Waals surface area contributed by atoms with Crippen molar-refractivity contribution in [2.75, 3.05) is 0 Å². The number of alkyl halides is 2. The zero-order valence-corrected chi connectivity index (χ0v) is 12.0. The summed E-state index contributed by atoms with van der Waals surface area (Å²) in [5.41, 5.74) is 3.05. The van der Waals surface area contributed by atoms with Crippen LogP contribution in [-0.4, -0.2) is 21.6 Å². The third-order valence-electron chi connectivity index (χ3n) is 3.29. The van der Waals surface area contributed by atoms with Gasteiger partial charge >= 0.3 is 6.61 Å². The number of halogens is 2. The lowest BCUT2D eigenvalue weighted by Gasteiger charge is -2.09. The number of pyridine rings is 1. The van der Waals surface area contributed by atoms with Gasteiger partial charge in [-0.2, -0.15) is 8.78 Å². The summed E-state index contributed by atoms with van der Waals surface area (Å²) >= 11 is 0. The van der Waals surface area contributed by atoms with Crippen LogP contribution in [0.4, 0.5) is 8.78 Å². The number of ether oxygens (including phenoxy) is 1. The van der Waals surface area contributed by atoms with Crippen molar-refractivity contribution in [2.45, 2.75) is 20.5 Å². The number of aryl methyl sites for hydroxylation is 2. The maximum absolute atomic E-state index is 12.3. The summed E-state index contributed by atoms with van der Waals surface area (Å²) in [6, 6.07) is 6.67. The first-order valence-electron chi connectivity index (χ1n) is 6.68. The SMILES string of the molecule is Cc1ncc(-c2cc(C)c3ccc(OC(F)F)cc3n2)cn1. The number of nitrogens with zero attached hydrogens (tertiary/aromatic N) is 3. The van der Waals surface area contributed by atoms with E-state index in [9.17, 15) is 8.78 Å². The molecule has 6 heteroatoms. The zero-order valence-electron chi connectivity index (χ0n) is 12.0. The molecular formula is C16H13F2N3O. The topological polar surface area (TPSA) is 47.9 Å². The van der Waals surface area contributed by atoms with Crippen molar-refractivity contribution in [2.24, 2.45) is 0 Å². The molecular weight excluding hydrogens is 288 g/mol. The third kappa shape index (κ3) is 2.86. The van der Waals surface area contributed by atoms with Gasteiger partial charge in [-0.05, 0) is 37.6 Å². The highest BCUT2D eigenvalue weighted by molar-refractivity contribution is 5.86. The molecule has 0 fully saturated rings. The highest BCUT2D eigenvalue weighted by atomic mass is 19.3. The molecule has 0 saturated heterocycles. The Balaban J connectivity index is 2.10. The normalized spacial score (nSPS) is 11.1. The average Bonchev–Trinajstić information content (AvgIpc) is 2.47. The zero-order chi connectivity index (χ0) is 15.7. The number of hydrogen-bond donors (Lipinski definition) is 0. The number of hydrogen-bond acceptors (Lipinski definition) is 4. The molecule has 0 bridgehead atoms. The second-order valence-electron chi connectivity index (χ2n) is 4.90. The lowest BCUT2D eigenvalue weighted by Crippen LogP contribution is -2.02. The highest BCUT2D eigenvalue weighted by Crippen LogP contribution is 2.27. The maximum atomic E-state index is 12.3. The van der Waals surface area contributed by atoms with Crippen LogP contribution in [0.1, 0.15) is 11.4 Å². The minimum absolute atomic E-state index is 0.0895. The van der Waals surface area contributed by atoms with Crippen molar-refractivity contribution in [1.29, 1.82) is 0 Å². The Morgan fingerprint density at radius 1 is 1.05 bits per heavy atom. The molecule has 3 rings (SSSR count). The van der Waals surface area contributed by atoms with Crippen molar-refractivity contribution < 1.29 is 13.5 Å². The fourth-order valence-corrected chi connectivity index (χ4v) is 2.23. The molecule has 0 aliphatic heterocycles. The quantitative estimate of drug-likeness (QED) is 0.736. The lowest BCUT2D eigenvalue weighted by atomic mass is 10.1. The van der Waals surface area contributed by atoms with Gasteiger partial charge in [-0.3, -0.25) is 0 Å². The van der Waals surface area contributed by atoms with Crippen LogP contribution in [0.2, 0.25) is 0 Å². The van der Waals surface area contributed by atoms with Crippen LogP contribution in [0, 0.1) is 13.8 Å². The number of aromatic nitrogens is 3. The van der Waals surface area contributed by atoms with Crippen molar-refractivity contribution >= 4 is 10.9 Å². The molecule has 0 radical (unpaired) electrons. The maximum Gasteiger partial charge on any atom is 0.387 e. The monoisotopic (exact) mass is 301 g/mol. The number of rotatable bonds is 3. The summed E-state index contributed by atoms with van der Waals surface area (Å²) in [5, 5.41) is 0.887. The van der Waals surface area contributed by atoms with E-state index in [2.05, 4.69) is 19.7 Å². The summed E-state index contributed by atoms with van der Waals surface area (Å²) in [4.78, 5) is 12.8. The van der Waals surface area contributed by atoms with Gasteiger partial charge in [0, 0.05) is 29.4 Å². The molecule has 0 aliphatic carbocycles. The van der Waals surface area contributed by atoms with Crippen molar-refractivity contribution in [3.05, 3.63) is 48.0 Å². The van der Waals surface area contributed by atoms with Crippen LogP contribution >= 0.6 is 0 Å². The second kappa shape index (κ2) is 5.63. The molecule has 1 aromatic carbocycles. The van der Waals surface area contributed by atoms with Gasteiger partial charge in [0.15, 0.2) is 0 Å². The Morgan fingerprint density at radius 3 is 2.45 bits per heavy atom. The Kier molecular flexibility index (Phi) is 3.66. The molecule has 0 aliphatic rings. The first kappa shape index (κ1) is 14.3. The van der Waals surface area contributed by atoms with E-state index in [0.29, 0.717) is 17.0 Å². The molecule has 0 spiro atoms. The molecule has 0 amide bonds.